The van der Waals surface area contributed by atoms with Gasteiger partial charge in [-0.3, -0.25) is 9.59 Å². The van der Waals surface area contributed by atoms with Gasteiger partial charge in [0.2, 0.25) is 0 Å². The van der Waals surface area contributed by atoms with E-state index >= 15 is 0 Å². The van der Waals surface area contributed by atoms with Gasteiger partial charge in [-0.15, -0.1) is 12.6 Å². The first kappa shape index (κ1) is 9.45. The Labute approximate surface area is 63.8 Å². The zero-order valence-corrected chi connectivity index (χ0v) is 6.17. The number of nitrogens with two attached hydrogens (primary N) is 1. The molecule has 0 saturated carbocycles. The molecule has 58 valence electrons. The van der Waals surface area contributed by atoms with Crippen molar-refractivity contribution in [1.29, 1.82) is 0 Å². The van der Waals surface area contributed by atoms with E-state index < -0.39 is 12.0 Å². The maximum Gasteiger partial charge on any atom is 0.320 e. The van der Waals surface area contributed by atoms with Crippen molar-refractivity contribution in [3.63, 3.8) is 0 Å². The summed E-state index contributed by atoms with van der Waals surface area (Å²) < 4.78 is 0. The second kappa shape index (κ2) is 4.29. The van der Waals surface area contributed by atoms with Crippen molar-refractivity contribution >= 4 is 23.7 Å². The molecule has 1 unspecified atom stereocenters. The standard InChI is InChI=1S/C5H9NO3S/c6-3(5(8)9)1-2-4(7)10/h3H,1-2,6H2,(H,7,10)(H,8,9). The van der Waals surface area contributed by atoms with Crippen LogP contribution >= 0.6 is 12.6 Å². The van der Waals surface area contributed by atoms with Crippen LogP contribution in [0.5, 0.6) is 0 Å². The average Bonchev–Trinajstić information content (AvgIpc) is 1.82. The lowest BCUT2D eigenvalue weighted by Crippen LogP contribution is -2.30. The average molecular weight is 163 g/mol. The van der Waals surface area contributed by atoms with E-state index in [1.807, 2.05) is 0 Å². The summed E-state index contributed by atoms with van der Waals surface area (Å²) in [5.41, 5.74) is 5.08. The van der Waals surface area contributed by atoms with Gasteiger partial charge in [0.25, 0.3) is 0 Å². The van der Waals surface area contributed by atoms with Crippen LogP contribution in [0.2, 0.25) is 0 Å². The fourth-order valence-electron chi connectivity index (χ4n) is 0.402. The summed E-state index contributed by atoms with van der Waals surface area (Å²) in [7, 11) is 0. The number of rotatable bonds is 4. The highest BCUT2D eigenvalue weighted by molar-refractivity contribution is 7.96. The van der Waals surface area contributed by atoms with Crippen molar-refractivity contribution in [2.24, 2.45) is 5.73 Å². The molecule has 0 amide bonds. The first-order valence-corrected chi connectivity index (χ1v) is 3.19. The van der Waals surface area contributed by atoms with E-state index in [1.165, 1.54) is 0 Å². The summed E-state index contributed by atoms with van der Waals surface area (Å²) in [4.78, 5) is 20.2. The lowest BCUT2D eigenvalue weighted by atomic mass is 10.2. The highest BCUT2D eigenvalue weighted by atomic mass is 32.1. The maximum atomic E-state index is 10.2. The van der Waals surface area contributed by atoms with Crippen molar-refractivity contribution in [2.45, 2.75) is 18.9 Å². The highest BCUT2D eigenvalue weighted by Gasteiger charge is 2.11. The van der Waals surface area contributed by atoms with Gasteiger partial charge in [0.1, 0.15) is 6.04 Å². The molecule has 1 atom stereocenters. The molecule has 0 rings (SSSR count). The van der Waals surface area contributed by atoms with Gasteiger partial charge in [0.15, 0.2) is 5.12 Å². The number of thiol groups is 1. The van der Waals surface area contributed by atoms with Gasteiger partial charge in [-0.2, -0.15) is 0 Å². The molecule has 0 fully saturated rings. The first-order valence-electron chi connectivity index (χ1n) is 2.74. The zero-order valence-electron chi connectivity index (χ0n) is 5.28. The molecular formula is C5H9NO3S. The Morgan fingerprint density at radius 1 is 1.60 bits per heavy atom. The van der Waals surface area contributed by atoms with Crippen LogP contribution in [-0.4, -0.2) is 22.2 Å². The van der Waals surface area contributed by atoms with Gasteiger partial charge in [-0.25, -0.2) is 0 Å². The minimum Gasteiger partial charge on any atom is -0.480 e. The van der Waals surface area contributed by atoms with Gasteiger partial charge in [-0.1, -0.05) is 0 Å². The topological polar surface area (TPSA) is 80.4 Å². The SMILES string of the molecule is NC(CCC(=O)S)C(=O)O. The number of carboxylic acids is 1. The number of carbonyl (C=O) groups is 2. The molecule has 0 aliphatic carbocycles. The van der Waals surface area contributed by atoms with E-state index in [0.717, 1.165) is 0 Å². The van der Waals surface area contributed by atoms with Gasteiger partial charge < -0.3 is 10.8 Å². The van der Waals surface area contributed by atoms with Crippen LogP contribution in [0.4, 0.5) is 0 Å². The fourth-order valence-corrected chi connectivity index (χ4v) is 0.532. The largest absolute Gasteiger partial charge is 0.480 e. The third kappa shape index (κ3) is 4.34. The molecule has 0 saturated heterocycles. The van der Waals surface area contributed by atoms with Crippen LogP contribution in [0.25, 0.3) is 0 Å². The molecule has 3 N–H and O–H groups in total. The van der Waals surface area contributed by atoms with Crippen LogP contribution < -0.4 is 5.73 Å². The second-order valence-corrected chi connectivity index (χ2v) is 2.38. The Morgan fingerprint density at radius 2 is 2.10 bits per heavy atom. The second-order valence-electron chi connectivity index (χ2n) is 1.88. The third-order valence-electron chi connectivity index (χ3n) is 0.986. The highest BCUT2D eigenvalue weighted by Crippen LogP contribution is 1.97. The molecule has 0 aliphatic rings. The molecule has 0 aliphatic heterocycles. The summed E-state index contributed by atoms with van der Waals surface area (Å²) in [6.07, 6.45) is 0.258. The number of carbonyl (C=O) groups excluding carboxylic acids is 1. The normalized spacial score (nSPS) is 12.6. The molecule has 0 aromatic rings. The summed E-state index contributed by atoms with van der Waals surface area (Å²) >= 11 is 3.45. The first-order chi connectivity index (χ1) is 4.54. The van der Waals surface area contributed by atoms with Crippen molar-refractivity contribution in [2.75, 3.05) is 0 Å². The lowest BCUT2D eigenvalue weighted by Gasteiger charge is -2.01. The Morgan fingerprint density at radius 3 is 2.40 bits per heavy atom. The summed E-state index contributed by atoms with van der Waals surface area (Å²) in [5.74, 6) is -1.09. The Kier molecular flexibility index (Phi) is 4.06. The molecule has 0 aromatic carbocycles. The van der Waals surface area contributed by atoms with Crippen LogP contribution in [0.1, 0.15) is 12.8 Å². The number of aliphatic carboxylic acids is 1. The predicted octanol–water partition coefficient (Wildman–Crippen LogP) is -0.365. The van der Waals surface area contributed by atoms with Crippen molar-refractivity contribution in [1.82, 2.24) is 0 Å². The summed E-state index contributed by atoms with van der Waals surface area (Å²) in [6.45, 7) is 0. The molecule has 0 aromatic heterocycles. The van der Waals surface area contributed by atoms with E-state index in [1.54, 1.807) is 0 Å². The molecule has 10 heavy (non-hydrogen) atoms. The molecule has 0 heterocycles. The van der Waals surface area contributed by atoms with E-state index in [9.17, 15) is 9.59 Å². The molecular weight excluding hydrogens is 154 g/mol. The van der Waals surface area contributed by atoms with Crippen molar-refractivity contribution in [3.8, 4) is 0 Å². The number of hydrogen-bond donors (Lipinski definition) is 3. The summed E-state index contributed by atoms with van der Waals surface area (Å²) in [5, 5.41) is 7.90. The molecule has 5 heteroatoms. The van der Waals surface area contributed by atoms with Gasteiger partial charge in [-0.05, 0) is 6.42 Å². The van der Waals surface area contributed by atoms with E-state index in [4.69, 9.17) is 10.8 Å². The number of hydrogen-bond acceptors (Lipinski definition) is 3. The maximum absolute atomic E-state index is 10.2. The molecule has 0 bridgehead atoms. The van der Waals surface area contributed by atoms with Gasteiger partial charge in [0, 0.05) is 6.42 Å². The Bertz CT molecular complexity index is 148. The van der Waals surface area contributed by atoms with E-state index in [2.05, 4.69) is 12.6 Å². The van der Waals surface area contributed by atoms with E-state index in [0.29, 0.717) is 0 Å². The fraction of sp³-hybridized carbons (Fsp3) is 0.600. The Hall–Kier alpha value is -0.550. The van der Waals surface area contributed by atoms with Crippen LogP contribution in [0, 0.1) is 0 Å². The monoisotopic (exact) mass is 163 g/mol. The molecule has 0 spiro atoms. The summed E-state index contributed by atoms with van der Waals surface area (Å²) in [6, 6.07) is -0.948. The predicted molar refractivity (Wildman–Crippen MR) is 38.8 cm³/mol. The van der Waals surface area contributed by atoms with Gasteiger partial charge >= 0.3 is 5.97 Å². The zero-order chi connectivity index (χ0) is 8.15. The number of carboxylic acid groups (broad SMARTS) is 1. The third-order valence-corrected chi connectivity index (χ3v) is 1.21. The van der Waals surface area contributed by atoms with Crippen molar-refractivity contribution < 1.29 is 14.7 Å². The van der Waals surface area contributed by atoms with E-state index in [-0.39, 0.29) is 18.0 Å². The quantitative estimate of drug-likeness (QED) is 0.494. The Balaban J connectivity index is 3.49. The van der Waals surface area contributed by atoms with Crippen molar-refractivity contribution in [3.05, 3.63) is 0 Å². The minimum atomic E-state index is -1.09. The molecule has 0 radical (unpaired) electrons. The van der Waals surface area contributed by atoms with Crippen LogP contribution in [0.3, 0.4) is 0 Å². The lowest BCUT2D eigenvalue weighted by molar-refractivity contribution is -0.138. The van der Waals surface area contributed by atoms with Crippen LogP contribution in [0.15, 0.2) is 0 Å². The van der Waals surface area contributed by atoms with Gasteiger partial charge in [0.05, 0.1) is 0 Å². The molecule has 4 nitrogen and oxygen atoms in total. The smallest absolute Gasteiger partial charge is 0.320 e. The van der Waals surface area contributed by atoms with Crippen LogP contribution in [-0.2, 0) is 9.59 Å². The minimum absolute atomic E-state index is 0.108.